The molecule has 2 saturated heterocycles. The van der Waals surface area contributed by atoms with Gasteiger partial charge in [0.1, 0.15) is 0 Å². The minimum atomic E-state index is -0.152. The van der Waals surface area contributed by atoms with Crippen LogP contribution in [0.3, 0.4) is 0 Å². The number of hydrogen-bond acceptors (Lipinski definition) is 5. The van der Waals surface area contributed by atoms with E-state index in [-0.39, 0.29) is 36.8 Å². The van der Waals surface area contributed by atoms with Crippen LogP contribution in [-0.2, 0) is 14.3 Å². The summed E-state index contributed by atoms with van der Waals surface area (Å²) in [5.41, 5.74) is 5.60. The maximum atomic E-state index is 12.3. The van der Waals surface area contributed by atoms with Gasteiger partial charge < -0.3 is 20.1 Å². The molecule has 0 radical (unpaired) electrons. The normalized spacial score (nSPS) is 25.9. The molecule has 3 atom stereocenters. The van der Waals surface area contributed by atoms with Gasteiger partial charge in [0.2, 0.25) is 5.91 Å². The summed E-state index contributed by atoms with van der Waals surface area (Å²) >= 11 is 0. The topological polar surface area (TPSA) is 68.0 Å². The summed E-state index contributed by atoms with van der Waals surface area (Å²) in [6, 6.07) is 0. The smallest absolute Gasteiger partial charge is 0.225 e. The second kappa shape index (κ2) is 13.1. The van der Waals surface area contributed by atoms with Gasteiger partial charge in [-0.2, -0.15) is 0 Å². The number of halogens is 2. The Hall–Kier alpha value is -0.110. The summed E-state index contributed by atoms with van der Waals surface area (Å²) in [4.78, 5) is 16.8. The molecule has 2 N–H and O–H groups in total. The van der Waals surface area contributed by atoms with Crippen LogP contribution in [0.2, 0.25) is 0 Å². The van der Waals surface area contributed by atoms with Crippen molar-refractivity contribution >= 4 is 30.7 Å². The molecule has 0 bridgehead atoms. The van der Waals surface area contributed by atoms with Gasteiger partial charge >= 0.3 is 0 Å². The first-order valence-electron chi connectivity index (χ1n) is 9.40. The van der Waals surface area contributed by atoms with E-state index in [4.69, 9.17) is 15.2 Å². The Bertz CT molecular complexity index is 382. The number of piperidine rings is 1. The van der Waals surface area contributed by atoms with E-state index >= 15 is 0 Å². The maximum absolute atomic E-state index is 12.3. The fraction of sp³-hybridized carbons (Fsp3) is 0.944. The molecule has 0 aromatic rings. The number of methoxy groups -OCH3 is 1. The second-order valence-electron chi connectivity index (χ2n) is 7.43. The molecule has 2 aliphatic heterocycles. The predicted molar refractivity (Wildman–Crippen MR) is 109 cm³/mol. The van der Waals surface area contributed by atoms with Crippen LogP contribution in [0.5, 0.6) is 0 Å². The van der Waals surface area contributed by atoms with Crippen LogP contribution in [-0.4, -0.2) is 80.4 Å². The molecule has 2 heterocycles. The van der Waals surface area contributed by atoms with Gasteiger partial charge in [0.25, 0.3) is 0 Å². The molecule has 2 fully saturated rings. The molecular formula is C18H37Cl2N3O3. The molecule has 0 spiro atoms. The lowest BCUT2D eigenvalue weighted by molar-refractivity contribution is -0.135. The third-order valence-electron chi connectivity index (χ3n) is 5.31. The number of rotatable bonds is 7. The molecule has 26 heavy (non-hydrogen) atoms. The number of amides is 1. The molecule has 3 unspecified atom stereocenters. The summed E-state index contributed by atoms with van der Waals surface area (Å²) in [6.45, 7) is 9.69. The number of hydrogen-bond donors (Lipinski definition) is 1. The second-order valence-corrected chi connectivity index (χ2v) is 7.43. The lowest BCUT2D eigenvalue weighted by Gasteiger charge is -2.37. The van der Waals surface area contributed by atoms with E-state index in [0.29, 0.717) is 25.2 Å². The highest BCUT2D eigenvalue weighted by Crippen LogP contribution is 2.22. The molecule has 6 nitrogen and oxygen atoms in total. The van der Waals surface area contributed by atoms with Crippen LogP contribution in [0, 0.1) is 5.92 Å². The number of morpholine rings is 1. The molecule has 156 valence electrons. The maximum Gasteiger partial charge on any atom is 0.225 e. The molecule has 0 saturated carbocycles. The first kappa shape index (κ1) is 25.9. The summed E-state index contributed by atoms with van der Waals surface area (Å²) in [5, 5.41) is 0. The van der Waals surface area contributed by atoms with Gasteiger partial charge in [-0.3, -0.25) is 9.69 Å². The van der Waals surface area contributed by atoms with Crippen LogP contribution in [0.1, 0.15) is 39.5 Å². The van der Waals surface area contributed by atoms with Crippen molar-refractivity contribution in [2.75, 3.05) is 46.4 Å². The van der Waals surface area contributed by atoms with E-state index in [0.717, 1.165) is 51.5 Å². The van der Waals surface area contributed by atoms with Crippen LogP contribution < -0.4 is 5.73 Å². The van der Waals surface area contributed by atoms with Crippen molar-refractivity contribution in [1.82, 2.24) is 9.80 Å². The first-order valence-corrected chi connectivity index (χ1v) is 9.40. The van der Waals surface area contributed by atoms with E-state index in [9.17, 15) is 4.79 Å². The van der Waals surface area contributed by atoms with E-state index in [2.05, 4.69) is 18.7 Å². The Kier molecular flexibility index (Phi) is 13.1. The average Bonchev–Trinajstić information content (AvgIpc) is 2.57. The number of likely N-dealkylation sites (tertiary alicyclic amines) is 1. The van der Waals surface area contributed by atoms with Crippen molar-refractivity contribution in [3.8, 4) is 0 Å². The van der Waals surface area contributed by atoms with Crippen molar-refractivity contribution < 1.29 is 14.3 Å². The van der Waals surface area contributed by atoms with Gasteiger partial charge in [-0.15, -0.1) is 24.8 Å². The minimum absolute atomic E-state index is 0. The predicted octanol–water partition coefficient (Wildman–Crippen LogP) is 1.93. The van der Waals surface area contributed by atoms with Crippen molar-refractivity contribution in [2.24, 2.45) is 11.7 Å². The Morgan fingerprint density at radius 2 is 1.77 bits per heavy atom. The standard InChI is InChI=1S/C18H35N3O3.2ClH/c1-14-12-20(13-15(2)24-14)7-4-16-5-8-21(9-6-16)18(22)10-17(11-19)23-3;;/h14-17H,4-13,19H2,1-3H3;2*1H. The Labute approximate surface area is 170 Å². The summed E-state index contributed by atoms with van der Waals surface area (Å²) < 4.78 is 11.0. The molecule has 2 rings (SSSR count). The fourth-order valence-corrected chi connectivity index (χ4v) is 3.89. The third-order valence-corrected chi connectivity index (χ3v) is 5.31. The van der Waals surface area contributed by atoms with Crippen LogP contribution in [0.25, 0.3) is 0 Å². The van der Waals surface area contributed by atoms with Crippen molar-refractivity contribution in [2.45, 2.75) is 57.8 Å². The number of carbonyl (C=O) groups excluding carboxylic acids is 1. The summed E-state index contributed by atoms with van der Waals surface area (Å²) in [6.07, 6.45) is 4.38. The zero-order valence-corrected chi connectivity index (χ0v) is 18.0. The monoisotopic (exact) mass is 413 g/mol. The van der Waals surface area contributed by atoms with Gasteiger partial charge in [-0.1, -0.05) is 0 Å². The Balaban J connectivity index is 0.00000312. The minimum Gasteiger partial charge on any atom is -0.380 e. The number of nitrogens with two attached hydrogens (primary N) is 1. The zero-order chi connectivity index (χ0) is 17.5. The van der Waals surface area contributed by atoms with Crippen molar-refractivity contribution in [3.05, 3.63) is 0 Å². The largest absolute Gasteiger partial charge is 0.380 e. The first-order chi connectivity index (χ1) is 11.5. The average molecular weight is 414 g/mol. The highest BCUT2D eigenvalue weighted by Gasteiger charge is 2.26. The molecule has 0 aromatic heterocycles. The van der Waals surface area contributed by atoms with Crippen LogP contribution in [0.15, 0.2) is 0 Å². The van der Waals surface area contributed by atoms with Gasteiger partial charge in [-0.05, 0) is 45.6 Å². The van der Waals surface area contributed by atoms with Crippen molar-refractivity contribution in [3.63, 3.8) is 0 Å². The SMILES string of the molecule is COC(CN)CC(=O)N1CCC(CCN2CC(C)OC(C)C2)CC1.Cl.Cl. The van der Waals surface area contributed by atoms with E-state index in [1.54, 1.807) is 7.11 Å². The van der Waals surface area contributed by atoms with Gasteiger partial charge in [0.15, 0.2) is 0 Å². The fourth-order valence-electron chi connectivity index (χ4n) is 3.89. The molecule has 2 aliphatic rings. The number of carbonyl (C=O) groups is 1. The van der Waals surface area contributed by atoms with Gasteiger partial charge in [0.05, 0.1) is 24.7 Å². The number of ether oxygens (including phenoxy) is 2. The van der Waals surface area contributed by atoms with E-state index in [1.165, 1.54) is 6.42 Å². The summed E-state index contributed by atoms with van der Waals surface area (Å²) in [5.74, 6) is 0.914. The molecule has 8 heteroatoms. The quantitative estimate of drug-likeness (QED) is 0.690. The van der Waals surface area contributed by atoms with E-state index < -0.39 is 0 Å². The highest BCUT2D eigenvalue weighted by molar-refractivity contribution is 5.85. The number of nitrogens with zero attached hydrogens (tertiary/aromatic N) is 2. The zero-order valence-electron chi connectivity index (χ0n) is 16.4. The lowest BCUT2D eigenvalue weighted by atomic mass is 9.93. The summed E-state index contributed by atoms with van der Waals surface area (Å²) in [7, 11) is 1.62. The Morgan fingerprint density at radius 3 is 2.27 bits per heavy atom. The van der Waals surface area contributed by atoms with Crippen LogP contribution >= 0.6 is 24.8 Å². The molecule has 1 amide bonds. The van der Waals surface area contributed by atoms with Gasteiger partial charge in [-0.25, -0.2) is 0 Å². The van der Waals surface area contributed by atoms with Gasteiger partial charge in [0, 0.05) is 39.8 Å². The van der Waals surface area contributed by atoms with E-state index in [1.807, 2.05) is 4.90 Å². The molecule has 0 aromatic carbocycles. The van der Waals surface area contributed by atoms with Crippen LogP contribution in [0.4, 0.5) is 0 Å². The lowest BCUT2D eigenvalue weighted by Crippen LogP contribution is -2.46. The third kappa shape index (κ3) is 8.28. The Morgan fingerprint density at radius 1 is 1.19 bits per heavy atom. The van der Waals surface area contributed by atoms with Crippen molar-refractivity contribution in [1.29, 1.82) is 0 Å². The highest BCUT2D eigenvalue weighted by atomic mass is 35.5. The molecule has 0 aliphatic carbocycles. The molecular weight excluding hydrogens is 377 g/mol.